The minimum absolute atomic E-state index is 0.0777. The lowest BCUT2D eigenvalue weighted by Gasteiger charge is -2.24. The molecule has 1 rings (SSSR count). The van der Waals surface area contributed by atoms with Crippen LogP contribution in [0.4, 0.5) is 11.6 Å². The molecule has 1 aromatic rings. The zero-order valence-electron chi connectivity index (χ0n) is 10.3. The first-order valence-corrected chi connectivity index (χ1v) is 5.73. The average Bonchev–Trinajstić information content (AvgIpc) is 2.34. The SMILES string of the molecule is CCCNc1cccc(N(C)C(C)CO)n1. The molecule has 1 unspecified atom stereocenters. The molecule has 0 bridgehead atoms. The summed E-state index contributed by atoms with van der Waals surface area (Å²) in [7, 11) is 1.94. The Morgan fingerprint density at radius 2 is 2.25 bits per heavy atom. The summed E-state index contributed by atoms with van der Waals surface area (Å²) >= 11 is 0. The molecular formula is C12H21N3O. The van der Waals surface area contributed by atoms with Crippen LogP contribution in [0.5, 0.6) is 0 Å². The Kier molecular flexibility index (Phi) is 5.05. The van der Waals surface area contributed by atoms with Crippen LogP contribution in [0, 0.1) is 0 Å². The van der Waals surface area contributed by atoms with Crippen molar-refractivity contribution in [2.45, 2.75) is 26.3 Å². The van der Waals surface area contributed by atoms with Crippen LogP contribution in [-0.2, 0) is 0 Å². The minimum Gasteiger partial charge on any atom is -0.394 e. The number of aliphatic hydroxyl groups excluding tert-OH is 1. The van der Waals surface area contributed by atoms with Crippen LogP contribution in [0.1, 0.15) is 20.3 Å². The highest BCUT2D eigenvalue weighted by Gasteiger charge is 2.09. The van der Waals surface area contributed by atoms with Crippen molar-refractivity contribution >= 4 is 11.6 Å². The Balaban J connectivity index is 2.73. The van der Waals surface area contributed by atoms with Gasteiger partial charge in [-0.05, 0) is 25.5 Å². The Labute approximate surface area is 97.3 Å². The van der Waals surface area contributed by atoms with Gasteiger partial charge in [0.15, 0.2) is 0 Å². The zero-order valence-corrected chi connectivity index (χ0v) is 10.3. The second-order valence-electron chi connectivity index (χ2n) is 3.95. The predicted molar refractivity (Wildman–Crippen MR) is 68.0 cm³/mol. The Morgan fingerprint density at radius 1 is 1.50 bits per heavy atom. The number of aromatic nitrogens is 1. The monoisotopic (exact) mass is 223 g/mol. The molecule has 0 spiro atoms. The van der Waals surface area contributed by atoms with Crippen LogP contribution in [0.25, 0.3) is 0 Å². The molecule has 0 aliphatic carbocycles. The van der Waals surface area contributed by atoms with E-state index in [1.54, 1.807) is 0 Å². The largest absolute Gasteiger partial charge is 0.394 e. The van der Waals surface area contributed by atoms with Crippen molar-refractivity contribution in [2.24, 2.45) is 0 Å². The second kappa shape index (κ2) is 6.33. The molecule has 1 heterocycles. The lowest BCUT2D eigenvalue weighted by atomic mass is 10.3. The molecule has 2 N–H and O–H groups in total. The van der Waals surface area contributed by atoms with Gasteiger partial charge in [0.05, 0.1) is 12.6 Å². The Morgan fingerprint density at radius 3 is 2.88 bits per heavy atom. The fourth-order valence-electron chi connectivity index (χ4n) is 1.32. The van der Waals surface area contributed by atoms with E-state index in [1.807, 2.05) is 37.1 Å². The number of aliphatic hydroxyl groups is 1. The van der Waals surface area contributed by atoms with E-state index in [0.717, 1.165) is 24.6 Å². The number of pyridine rings is 1. The number of nitrogens with one attached hydrogen (secondary N) is 1. The van der Waals surface area contributed by atoms with Gasteiger partial charge in [0, 0.05) is 13.6 Å². The summed E-state index contributed by atoms with van der Waals surface area (Å²) in [5.74, 6) is 1.76. The van der Waals surface area contributed by atoms with E-state index in [-0.39, 0.29) is 12.6 Å². The molecule has 4 nitrogen and oxygen atoms in total. The highest BCUT2D eigenvalue weighted by Crippen LogP contribution is 2.14. The summed E-state index contributed by atoms with van der Waals surface area (Å²) in [6.45, 7) is 5.14. The quantitative estimate of drug-likeness (QED) is 0.771. The molecule has 0 amide bonds. The molecule has 90 valence electrons. The number of anilines is 2. The normalized spacial score (nSPS) is 12.2. The van der Waals surface area contributed by atoms with Crippen LogP contribution < -0.4 is 10.2 Å². The van der Waals surface area contributed by atoms with Crippen LogP contribution in [-0.4, -0.2) is 36.3 Å². The average molecular weight is 223 g/mol. The minimum atomic E-state index is 0.0777. The van der Waals surface area contributed by atoms with Crippen LogP contribution >= 0.6 is 0 Å². The maximum absolute atomic E-state index is 9.09. The van der Waals surface area contributed by atoms with Crippen molar-refractivity contribution in [1.82, 2.24) is 4.98 Å². The highest BCUT2D eigenvalue weighted by atomic mass is 16.3. The van der Waals surface area contributed by atoms with E-state index in [1.165, 1.54) is 0 Å². The number of hydrogen-bond donors (Lipinski definition) is 2. The van der Waals surface area contributed by atoms with Gasteiger partial charge in [0.1, 0.15) is 11.6 Å². The molecule has 0 aliphatic rings. The third-order valence-electron chi connectivity index (χ3n) is 2.58. The molecule has 1 aromatic heterocycles. The van der Waals surface area contributed by atoms with Crippen LogP contribution in [0.15, 0.2) is 18.2 Å². The first-order valence-electron chi connectivity index (χ1n) is 5.73. The molecular weight excluding hydrogens is 202 g/mol. The second-order valence-corrected chi connectivity index (χ2v) is 3.95. The van der Waals surface area contributed by atoms with Gasteiger partial charge in [-0.1, -0.05) is 13.0 Å². The molecule has 0 aliphatic heterocycles. The number of nitrogens with zero attached hydrogens (tertiary/aromatic N) is 2. The van der Waals surface area contributed by atoms with Gasteiger partial charge >= 0.3 is 0 Å². The molecule has 0 aromatic carbocycles. The number of rotatable bonds is 6. The van der Waals surface area contributed by atoms with Gasteiger partial charge in [-0.25, -0.2) is 4.98 Å². The van der Waals surface area contributed by atoms with Crippen molar-refractivity contribution in [3.05, 3.63) is 18.2 Å². The summed E-state index contributed by atoms with van der Waals surface area (Å²) in [5, 5.41) is 12.3. The van der Waals surface area contributed by atoms with Crippen molar-refractivity contribution < 1.29 is 5.11 Å². The van der Waals surface area contributed by atoms with Gasteiger partial charge in [0.2, 0.25) is 0 Å². The predicted octanol–water partition coefficient (Wildman–Crippen LogP) is 1.72. The highest BCUT2D eigenvalue weighted by molar-refractivity contribution is 5.47. The molecule has 0 saturated heterocycles. The standard InChI is InChI=1S/C12H21N3O/c1-4-8-13-11-6-5-7-12(14-11)15(3)10(2)9-16/h5-7,10,16H,4,8-9H2,1-3H3,(H,13,14). The Hall–Kier alpha value is -1.29. The summed E-state index contributed by atoms with van der Waals surface area (Å²) in [6.07, 6.45) is 1.08. The van der Waals surface area contributed by atoms with Crippen LogP contribution in [0.3, 0.4) is 0 Å². The lowest BCUT2D eigenvalue weighted by molar-refractivity contribution is 0.270. The van der Waals surface area contributed by atoms with Gasteiger partial charge in [-0.3, -0.25) is 0 Å². The van der Waals surface area contributed by atoms with E-state index in [9.17, 15) is 0 Å². The van der Waals surface area contributed by atoms with E-state index in [4.69, 9.17) is 5.11 Å². The van der Waals surface area contributed by atoms with Crippen LogP contribution in [0.2, 0.25) is 0 Å². The third kappa shape index (κ3) is 3.38. The zero-order chi connectivity index (χ0) is 12.0. The van der Waals surface area contributed by atoms with Crippen molar-refractivity contribution in [3.8, 4) is 0 Å². The third-order valence-corrected chi connectivity index (χ3v) is 2.58. The van der Waals surface area contributed by atoms with Crippen molar-refractivity contribution in [2.75, 3.05) is 30.4 Å². The molecule has 1 atom stereocenters. The molecule has 4 heteroatoms. The smallest absolute Gasteiger partial charge is 0.131 e. The fraction of sp³-hybridized carbons (Fsp3) is 0.583. The van der Waals surface area contributed by atoms with Gasteiger partial charge in [-0.2, -0.15) is 0 Å². The van der Waals surface area contributed by atoms with Crippen molar-refractivity contribution in [3.63, 3.8) is 0 Å². The van der Waals surface area contributed by atoms with Crippen molar-refractivity contribution in [1.29, 1.82) is 0 Å². The van der Waals surface area contributed by atoms with E-state index < -0.39 is 0 Å². The summed E-state index contributed by atoms with van der Waals surface area (Å²) in [4.78, 5) is 6.45. The fourth-order valence-corrected chi connectivity index (χ4v) is 1.32. The summed E-state index contributed by atoms with van der Waals surface area (Å²) in [6, 6.07) is 5.95. The maximum Gasteiger partial charge on any atom is 0.131 e. The summed E-state index contributed by atoms with van der Waals surface area (Å²) < 4.78 is 0. The van der Waals surface area contributed by atoms with E-state index in [2.05, 4.69) is 17.2 Å². The van der Waals surface area contributed by atoms with E-state index >= 15 is 0 Å². The van der Waals surface area contributed by atoms with Gasteiger partial charge in [-0.15, -0.1) is 0 Å². The van der Waals surface area contributed by atoms with E-state index in [0.29, 0.717) is 0 Å². The first-order chi connectivity index (χ1) is 7.69. The lowest BCUT2D eigenvalue weighted by Crippen LogP contribution is -2.32. The van der Waals surface area contributed by atoms with Gasteiger partial charge in [0.25, 0.3) is 0 Å². The Bertz CT molecular complexity index is 317. The maximum atomic E-state index is 9.09. The number of hydrogen-bond acceptors (Lipinski definition) is 4. The first kappa shape index (κ1) is 12.8. The summed E-state index contributed by atoms with van der Waals surface area (Å²) in [5.41, 5.74) is 0. The van der Waals surface area contributed by atoms with Gasteiger partial charge < -0.3 is 15.3 Å². The molecule has 16 heavy (non-hydrogen) atoms. The number of likely N-dealkylation sites (N-methyl/N-ethyl adjacent to an activating group) is 1. The molecule has 0 saturated carbocycles. The topological polar surface area (TPSA) is 48.4 Å². The molecule has 0 fully saturated rings. The molecule has 0 radical (unpaired) electrons.